The number of carbonyl (C=O) groups excluding carboxylic acids is 3. The molecule has 3 N–H and O–H groups in total. The number of ether oxygens (including phenoxy) is 4. The Balaban J connectivity index is 1.58. The van der Waals surface area contributed by atoms with Crippen molar-refractivity contribution in [3.63, 3.8) is 0 Å². The molecule has 3 amide bonds. The Morgan fingerprint density at radius 1 is 0.957 bits per heavy atom. The summed E-state index contributed by atoms with van der Waals surface area (Å²) in [7, 11) is 0. The molecule has 47 heavy (non-hydrogen) atoms. The second kappa shape index (κ2) is 13.2. The van der Waals surface area contributed by atoms with Gasteiger partial charge in [0.15, 0.2) is 5.82 Å². The molecule has 3 aromatic rings. The Morgan fingerprint density at radius 2 is 1.66 bits per heavy atom. The number of pyridine rings is 2. The summed E-state index contributed by atoms with van der Waals surface area (Å²) in [6.07, 6.45) is 1.87. The van der Waals surface area contributed by atoms with Crippen LogP contribution in [0.25, 0.3) is 21.9 Å². The Labute approximate surface area is 272 Å². The number of nitrogens with one attached hydrogen (secondary N) is 3. The molecule has 1 saturated heterocycles. The molecule has 1 fully saturated rings. The van der Waals surface area contributed by atoms with Gasteiger partial charge in [-0.2, -0.15) is 0 Å². The monoisotopic (exact) mass is 652 g/mol. The van der Waals surface area contributed by atoms with Crippen LogP contribution in [0.3, 0.4) is 0 Å². The van der Waals surface area contributed by atoms with Gasteiger partial charge in [-0.15, -0.1) is 0 Å². The summed E-state index contributed by atoms with van der Waals surface area (Å²) in [5.41, 5.74) is -0.516. The fourth-order valence-corrected chi connectivity index (χ4v) is 5.37. The van der Waals surface area contributed by atoms with Crippen LogP contribution in [-0.2, 0) is 14.2 Å². The van der Waals surface area contributed by atoms with Crippen molar-refractivity contribution in [3.05, 3.63) is 35.9 Å². The number of benzene rings is 1. The first-order valence-corrected chi connectivity index (χ1v) is 15.5. The minimum atomic E-state index is -0.868. The third kappa shape index (κ3) is 7.99. The molecular formula is C33H41FN6O7. The molecule has 2 aromatic heterocycles. The first kappa shape index (κ1) is 33.6. The van der Waals surface area contributed by atoms with Crippen molar-refractivity contribution in [1.29, 1.82) is 0 Å². The lowest BCUT2D eigenvalue weighted by molar-refractivity contribution is 0.0564. The number of anilines is 3. The average molecular weight is 653 g/mol. The van der Waals surface area contributed by atoms with Crippen LogP contribution in [0.4, 0.5) is 36.0 Å². The van der Waals surface area contributed by atoms with Crippen molar-refractivity contribution in [1.82, 2.24) is 15.3 Å². The summed E-state index contributed by atoms with van der Waals surface area (Å²) in [5.74, 6) is -0.400. The number of halogens is 1. The molecule has 0 spiro atoms. The minimum Gasteiger partial charge on any atom is -0.474 e. The summed E-state index contributed by atoms with van der Waals surface area (Å²) in [4.78, 5) is 48.9. The van der Waals surface area contributed by atoms with Gasteiger partial charge in [-0.05, 0) is 97.5 Å². The van der Waals surface area contributed by atoms with Crippen LogP contribution >= 0.6 is 0 Å². The predicted molar refractivity (Wildman–Crippen MR) is 175 cm³/mol. The van der Waals surface area contributed by atoms with Gasteiger partial charge in [-0.3, -0.25) is 15.5 Å². The number of amides is 3. The van der Waals surface area contributed by atoms with Crippen LogP contribution < -0.4 is 25.6 Å². The SMILES string of the molecule is Cc1c(-c2cc3cc(NC(=O)OC4CCNCC4)ncc3c(NC(=O)OC(C)(C)C)c2F)cnc2c1N(C(=O)OC(C)(C)C)CCO2. The molecular weight excluding hydrogens is 611 g/mol. The molecule has 13 nitrogen and oxygen atoms in total. The van der Waals surface area contributed by atoms with E-state index in [1.54, 1.807) is 60.6 Å². The topological polar surface area (TPSA) is 153 Å². The van der Waals surface area contributed by atoms with Crippen LogP contribution in [0.15, 0.2) is 24.5 Å². The van der Waals surface area contributed by atoms with E-state index in [9.17, 15) is 14.4 Å². The Bertz CT molecular complexity index is 1700. The minimum absolute atomic E-state index is 0.0699. The van der Waals surface area contributed by atoms with Crippen LogP contribution in [0, 0.1) is 12.7 Å². The zero-order valence-corrected chi connectivity index (χ0v) is 27.7. The molecule has 5 rings (SSSR count). The molecule has 4 heterocycles. The van der Waals surface area contributed by atoms with Gasteiger partial charge in [0, 0.05) is 28.9 Å². The van der Waals surface area contributed by atoms with Crippen molar-refractivity contribution in [2.75, 3.05) is 41.8 Å². The zero-order chi connectivity index (χ0) is 34.1. The molecule has 2 aliphatic rings. The molecule has 2 aliphatic heterocycles. The molecule has 0 radical (unpaired) electrons. The summed E-state index contributed by atoms with van der Waals surface area (Å²) < 4.78 is 38.9. The van der Waals surface area contributed by atoms with Crippen molar-refractivity contribution in [2.45, 2.75) is 78.6 Å². The van der Waals surface area contributed by atoms with Gasteiger partial charge in [0.2, 0.25) is 5.88 Å². The second-order valence-corrected chi connectivity index (χ2v) is 13.4. The first-order valence-electron chi connectivity index (χ1n) is 15.5. The van der Waals surface area contributed by atoms with Gasteiger partial charge in [0.05, 0.1) is 12.2 Å². The molecule has 0 saturated carbocycles. The van der Waals surface area contributed by atoms with Gasteiger partial charge in [0.1, 0.15) is 35.4 Å². The van der Waals surface area contributed by atoms with E-state index in [0.29, 0.717) is 35.0 Å². The number of hydrogen-bond donors (Lipinski definition) is 3. The highest BCUT2D eigenvalue weighted by molar-refractivity contribution is 6.05. The van der Waals surface area contributed by atoms with Crippen molar-refractivity contribution >= 4 is 46.2 Å². The molecule has 1 aromatic carbocycles. The van der Waals surface area contributed by atoms with Gasteiger partial charge < -0.3 is 24.3 Å². The lowest BCUT2D eigenvalue weighted by Gasteiger charge is -2.32. The van der Waals surface area contributed by atoms with E-state index >= 15 is 4.39 Å². The Kier molecular flexibility index (Phi) is 9.43. The summed E-state index contributed by atoms with van der Waals surface area (Å²) in [5, 5.41) is 9.12. The number of fused-ring (bicyclic) bond motifs is 2. The highest BCUT2D eigenvalue weighted by Gasteiger charge is 2.32. The average Bonchev–Trinajstić information content (AvgIpc) is 2.97. The standard InChI is InChI=1S/C33H41FN6O7/c1-18-22(16-37-28-27(18)40(12-13-44-28)31(43)47-33(5,6)7)21-14-19-15-24(38-29(41)45-20-8-10-35-11-9-20)36-17-23(19)26(25(21)34)39-30(42)46-32(2,3)4/h14-17,20,35H,8-13H2,1-7H3,(H,39,42)(H,36,38,41). The molecule has 0 unspecified atom stereocenters. The Hall–Kier alpha value is -4.72. The number of nitrogens with zero attached hydrogens (tertiary/aromatic N) is 3. The van der Waals surface area contributed by atoms with Crippen molar-refractivity contribution in [3.8, 4) is 17.0 Å². The normalized spacial score (nSPS) is 15.4. The van der Waals surface area contributed by atoms with E-state index in [0.717, 1.165) is 13.1 Å². The largest absolute Gasteiger partial charge is 0.474 e. The van der Waals surface area contributed by atoms with E-state index in [4.69, 9.17) is 18.9 Å². The number of aromatic nitrogens is 2. The van der Waals surface area contributed by atoms with E-state index in [2.05, 4.69) is 25.9 Å². The fraction of sp³-hybridized carbons (Fsp3) is 0.485. The fourth-order valence-electron chi connectivity index (χ4n) is 5.37. The lowest BCUT2D eigenvalue weighted by atomic mass is 9.96. The van der Waals surface area contributed by atoms with Crippen LogP contribution in [0.2, 0.25) is 0 Å². The first-order chi connectivity index (χ1) is 22.1. The van der Waals surface area contributed by atoms with E-state index < -0.39 is 35.3 Å². The highest BCUT2D eigenvalue weighted by atomic mass is 19.1. The van der Waals surface area contributed by atoms with E-state index in [-0.39, 0.29) is 47.6 Å². The highest BCUT2D eigenvalue weighted by Crippen LogP contribution is 2.42. The predicted octanol–water partition coefficient (Wildman–Crippen LogP) is 6.53. The molecule has 0 atom stereocenters. The number of carbonyl (C=O) groups is 3. The van der Waals surface area contributed by atoms with Crippen molar-refractivity contribution < 1.29 is 37.7 Å². The van der Waals surface area contributed by atoms with E-state index in [1.165, 1.54) is 17.3 Å². The third-order valence-corrected chi connectivity index (χ3v) is 7.38. The smallest absolute Gasteiger partial charge is 0.415 e. The van der Waals surface area contributed by atoms with Gasteiger partial charge >= 0.3 is 18.3 Å². The number of hydrogen-bond acceptors (Lipinski definition) is 10. The van der Waals surface area contributed by atoms with Gasteiger partial charge in [-0.25, -0.2) is 28.7 Å². The summed E-state index contributed by atoms with van der Waals surface area (Å²) in [6.45, 7) is 14.0. The maximum Gasteiger partial charge on any atom is 0.415 e. The van der Waals surface area contributed by atoms with Gasteiger partial charge in [-0.1, -0.05) is 0 Å². The zero-order valence-electron chi connectivity index (χ0n) is 27.7. The molecule has 252 valence electrons. The number of piperidine rings is 1. The maximum atomic E-state index is 16.6. The van der Waals surface area contributed by atoms with Gasteiger partial charge in [0.25, 0.3) is 0 Å². The molecule has 0 bridgehead atoms. The van der Waals surface area contributed by atoms with Crippen LogP contribution in [0.1, 0.15) is 59.9 Å². The molecule has 14 heteroatoms. The quantitative estimate of drug-likeness (QED) is 0.265. The lowest BCUT2D eigenvalue weighted by Crippen LogP contribution is -2.42. The molecule has 0 aliphatic carbocycles. The summed E-state index contributed by atoms with van der Waals surface area (Å²) in [6, 6.07) is 3.12. The maximum absolute atomic E-state index is 16.6. The third-order valence-electron chi connectivity index (χ3n) is 7.38. The summed E-state index contributed by atoms with van der Waals surface area (Å²) >= 11 is 0. The Morgan fingerprint density at radius 3 is 2.34 bits per heavy atom. The van der Waals surface area contributed by atoms with Crippen molar-refractivity contribution in [2.24, 2.45) is 0 Å². The van der Waals surface area contributed by atoms with E-state index in [1.807, 2.05) is 0 Å². The number of rotatable bonds is 4. The second-order valence-electron chi connectivity index (χ2n) is 13.4. The van der Waals surface area contributed by atoms with Crippen LogP contribution in [0.5, 0.6) is 5.88 Å². The van der Waals surface area contributed by atoms with Crippen LogP contribution in [-0.4, -0.2) is 71.8 Å².